The number of carbonyl (C=O) groups excluding carboxylic acids is 1. The molecule has 1 aliphatic rings. The van der Waals surface area contributed by atoms with Crippen molar-refractivity contribution in [2.24, 2.45) is 0 Å². The van der Waals surface area contributed by atoms with Gasteiger partial charge < -0.3 is 10.1 Å². The zero-order valence-corrected chi connectivity index (χ0v) is 16.1. The van der Waals surface area contributed by atoms with E-state index in [2.05, 4.69) is 10.7 Å². The van der Waals surface area contributed by atoms with E-state index in [-0.39, 0.29) is 10.9 Å². The van der Waals surface area contributed by atoms with E-state index in [1.54, 1.807) is 35.6 Å². The quantitative estimate of drug-likeness (QED) is 0.698. The molecule has 1 amide bonds. The van der Waals surface area contributed by atoms with Gasteiger partial charge in [-0.2, -0.15) is 13.2 Å². The van der Waals surface area contributed by atoms with Crippen LogP contribution in [0.15, 0.2) is 53.7 Å². The van der Waals surface area contributed by atoms with E-state index < -0.39 is 24.7 Å². The third-order valence-electron chi connectivity index (χ3n) is 3.87. The van der Waals surface area contributed by atoms with Gasteiger partial charge in [0.2, 0.25) is 5.88 Å². The molecule has 150 valence electrons. The number of anilines is 1. The van der Waals surface area contributed by atoms with Gasteiger partial charge in [0.25, 0.3) is 5.91 Å². The topological polar surface area (TPSA) is 53.6 Å². The number of hydrogen-bond acceptors (Lipinski definition) is 5. The van der Waals surface area contributed by atoms with Crippen molar-refractivity contribution in [1.29, 1.82) is 0 Å². The molecule has 5 nitrogen and oxygen atoms in total. The molecule has 28 heavy (non-hydrogen) atoms. The lowest BCUT2D eigenvalue weighted by Gasteiger charge is -2.25. The fraction of sp³-hybridized carbons (Fsp3) is 0.278. The summed E-state index contributed by atoms with van der Waals surface area (Å²) < 4.78 is 44.7. The monoisotopic (exact) mass is 431 g/mol. The average Bonchev–Trinajstić information content (AvgIpc) is 3.30. The van der Waals surface area contributed by atoms with Crippen molar-refractivity contribution in [3.8, 4) is 0 Å². The van der Waals surface area contributed by atoms with Gasteiger partial charge in [-0.25, -0.2) is 10.4 Å². The van der Waals surface area contributed by atoms with Crippen molar-refractivity contribution in [3.63, 3.8) is 0 Å². The first kappa shape index (κ1) is 20.5. The highest BCUT2D eigenvalue weighted by Gasteiger charge is 2.44. The van der Waals surface area contributed by atoms with E-state index in [9.17, 15) is 18.0 Å². The van der Waals surface area contributed by atoms with Gasteiger partial charge in [0, 0.05) is 17.5 Å². The largest absolute Gasteiger partial charge is 0.468 e. The Morgan fingerprint density at radius 2 is 2.07 bits per heavy atom. The molecular weight excluding hydrogens is 415 g/mol. The molecule has 0 saturated heterocycles. The van der Waals surface area contributed by atoms with Gasteiger partial charge in [-0.1, -0.05) is 29.8 Å². The molecule has 2 aromatic rings. The molecule has 1 aromatic heterocycles. The van der Waals surface area contributed by atoms with Gasteiger partial charge >= 0.3 is 6.18 Å². The van der Waals surface area contributed by atoms with E-state index in [1.165, 1.54) is 0 Å². The number of thiophene rings is 1. The van der Waals surface area contributed by atoms with E-state index in [1.807, 2.05) is 17.5 Å². The maximum atomic E-state index is 13.1. The zero-order valence-electron chi connectivity index (χ0n) is 14.5. The number of ether oxygens (including phenoxy) is 1. The molecule has 0 fully saturated rings. The second kappa shape index (κ2) is 8.85. The summed E-state index contributed by atoms with van der Waals surface area (Å²) in [4.78, 5) is 13.1. The van der Waals surface area contributed by atoms with Crippen molar-refractivity contribution in [1.82, 2.24) is 10.7 Å². The number of benzene rings is 1. The van der Waals surface area contributed by atoms with Gasteiger partial charge in [0.1, 0.15) is 6.04 Å². The molecule has 1 aliphatic heterocycles. The van der Waals surface area contributed by atoms with Gasteiger partial charge in [0.15, 0.2) is 6.61 Å². The fourth-order valence-electron chi connectivity index (χ4n) is 2.53. The average molecular weight is 432 g/mol. The third-order valence-corrected chi connectivity index (χ3v) is 5.12. The summed E-state index contributed by atoms with van der Waals surface area (Å²) in [6.07, 6.45) is -2.97. The van der Waals surface area contributed by atoms with Crippen molar-refractivity contribution in [2.45, 2.75) is 18.6 Å². The van der Waals surface area contributed by atoms with Crippen LogP contribution in [-0.4, -0.2) is 31.3 Å². The molecule has 0 bridgehead atoms. The van der Waals surface area contributed by atoms with E-state index >= 15 is 0 Å². The maximum Gasteiger partial charge on any atom is 0.409 e. The van der Waals surface area contributed by atoms with Crippen LogP contribution >= 0.6 is 22.9 Å². The van der Waals surface area contributed by atoms with Crippen LogP contribution in [0.5, 0.6) is 0 Å². The molecule has 2 N–H and O–H groups in total. The Morgan fingerprint density at radius 1 is 1.29 bits per heavy atom. The van der Waals surface area contributed by atoms with Crippen molar-refractivity contribution in [3.05, 3.63) is 63.6 Å². The lowest BCUT2D eigenvalue weighted by atomic mass is 10.3. The number of halogens is 4. The molecule has 0 aliphatic carbocycles. The van der Waals surface area contributed by atoms with Gasteiger partial charge in [0.05, 0.1) is 10.7 Å². The molecule has 1 aromatic carbocycles. The summed E-state index contributed by atoms with van der Waals surface area (Å²) in [7, 11) is 0. The Morgan fingerprint density at radius 3 is 2.75 bits per heavy atom. The summed E-state index contributed by atoms with van der Waals surface area (Å²) in [5, 5.41) is 5.97. The van der Waals surface area contributed by atoms with Crippen LogP contribution in [0.4, 0.5) is 18.9 Å². The SMILES string of the molecule is O=C(COC1=CC(C(F)(F)F)NN1c1ccccc1Cl)NCCc1cccs1. The van der Waals surface area contributed by atoms with Crippen molar-refractivity contribution < 1.29 is 22.7 Å². The van der Waals surface area contributed by atoms with E-state index in [0.29, 0.717) is 18.7 Å². The zero-order chi connectivity index (χ0) is 20.1. The molecule has 2 heterocycles. The fourth-order valence-corrected chi connectivity index (χ4v) is 3.46. The molecule has 0 spiro atoms. The summed E-state index contributed by atoms with van der Waals surface area (Å²) in [5.41, 5.74) is 2.59. The van der Waals surface area contributed by atoms with E-state index in [4.69, 9.17) is 16.3 Å². The van der Waals surface area contributed by atoms with Gasteiger partial charge in [-0.15, -0.1) is 11.3 Å². The van der Waals surface area contributed by atoms with Crippen molar-refractivity contribution >= 4 is 34.5 Å². The lowest BCUT2D eigenvalue weighted by Crippen LogP contribution is -2.45. The standard InChI is InChI=1S/C18H17ClF3N3O2S/c19-13-5-1-2-6-14(13)25-17(10-15(24-25)18(20,21)22)27-11-16(26)23-8-7-12-4-3-9-28-12/h1-6,9-10,15,24H,7-8,11H2,(H,23,26). The Hall–Kier alpha value is -2.23. The molecule has 1 atom stereocenters. The minimum absolute atomic E-state index is 0.135. The van der Waals surface area contributed by atoms with E-state index in [0.717, 1.165) is 16.0 Å². The Labute approximate surface area is 168 Å². The Balaban J connectivity index is 1.61. The Kier molecular flexibility index (Phi) is 6.48. The molecular formula is C18H17ClF3N3O2S. The minimum Gasteiger partial charge on any atom is -0.468 e. The number of carbonyl (C=O) groups is 1. The smallest absolute Gasteiger partial charge is 0.409 e. The summed E-state index contributed by atoms with van der Waals surface area (Å²) >= 11 is 7.67. The normalized spacial score (nSPS) is 16.8. The predicted molar refractivity (Wildman–Crippen MR) is 102 cm³/mol. The Bertz CT molecular complexity index is 843. The number of nitrogens with zero attached hydrogens (tertiary/aromatic N) is 1. The maximum absolute atomic E-state index is 13.1. The lowest BCUT2D eigenvalue weighted by molar-refractivity contribution is -0.142. The van der Waals surface area contributed by atoms with Crippen LogP contribution in [0.2, 0.25) is 5.02 Å². The first-order chi connectivity index (χ1) is 13.3. The summed E-state index contributed by atoms with van der Waals surface area (Å²) in [6, 6.07) is 8.33. The van der Waals surface area contributed by atoms with Crippen LogP contribution in [0.25, 0.3) is 0 Å². The van der Waals surface area contributed by atoms with Crippen LogP contribution in [0.3, 0.4) is 0 Å². The number of amides is 1. The van der Waals surface area contributed by atoms with Gasteiger partial charge in [-0.05, 0) is 30.0 Å². The molecule has 10 heteroatoms. The highest BCUT2D eigenvalue weighted by atomic mass is 35.5. The van der Waals surface area contributed by atoms with Crippen LogP contribution < -0.4 is 15.8 Å². The molecule has 1 unspecified atom stereocenters. The van der Waals surface area contributed by atoms with Gasteiger partial charge in [-0.3, -0.25) is 4.79 Å². The first-order valence-corrected chi connectivity index (χ1v) is 9.61. The summed E-state index contributed by atoms with van der Waals surface area (Å²) in [5.74, 6) is -0.559. The molecule has 3 rings (SSSR count). The number of hydrogen-bond donors (Lipinski definition) is 2. The summed E-state index contributed by atoms with van der Waals surface area (Å²) in [6.45, 7) is 0.00287. The second-order valence-corrected chi connectivity index (χ2v) is 7.35. The van der Waals surface area contributed by atoms with Crippen molar-refractivity contribution in [2.75, 3.05) is 18.2 Å². The number of para-hydroxylation sites is 1. The number of rotatable bonds is 7. The highest BCUT2D eigenvalue weighted by molar-refractivity contribution is 7.09. The first-order valence-electron chi connectivity index (χ1n) is 8.36. The third kappa shape index (κ3) is 5.18. The minimum atomic E-state index is -4.52. The van der Waals surface area contributed by atoms with Crippen LogP contribution in [-0.2, 0) is 16.0 Å². The second-order valence-electron chi connectivity index (χ2n) is 5.91. The number of nitrogens with one attached hydrogen (secondary N) is 2. The molecule has 0 radical (unpaired) electrons. The molecule has 0 saturated carbocycles. The highest BCUT2D eigenvalue weighted by Crippen LogP contribution is 2.33. The predicted octanol–water partition coefficient (Wildman–Crippen LogP) is 3.87. The van der Waals surface area contributed by atoms with Crippen LogP contribution in [0, 0.1) is 0 Å². The van der Waals surface area contributed by atoms with Crippen LogP contribution in [0.1, 0.15) is 4.88 Å². The number of alkyl halides is 3. The number of hydrazine groups is 1.